The zero-order chi connectivity index (χ0) is 21.6. The van der Waals surface area contributed by atoms with Crippen molar-refractivity contribution in [2.24, 2.45) is 17.6 Å². The van der Waals surface area contributed by atoms with Gasteiger partial charge >= 0.3 is 5.97 Å². The van der Waals surface area contributed by atoms with Gasteiger partial charge in [0, 0.05) is 34.8 Å². The van der Waals surface area contributed by atoms with Crippen LogP contribution in [0.25, 0.3) is 0 Å². The van der Waals surface area contributed by atoms with Gasteiger partial charge in [0.1, 0.15) is 5.78 Å². The zero-order valence-corrected chi connectivity index (χ0v) is 18.1. The van der Waals surface area contributed by atoms with Gasteiger partial charge in [-0.1, -0.05) is 36.2 Å². The van der Waals surface area contributed by atoms with Crippen LogP contribution in [0, 0.1) is 11.8 Å². The smallest absolute Gasteiger partial charge is 0.306 e. The average Bonchev–Trinajstić information content (AvgIpc) is 2.75. The van der Waals surface area contributed by atoms with E-state index in [2.05, 4.69) is 4.98 Å². The number of carbonyl (C=O) groups is 2. The molecular formula is C24H29ClN2O3. The molecule has 1 fully saturated rings. The largest absolute Gasteiger partial charge is 0.469 e. The van der Waals surface area contributed by atoms with Crippen molar-refractivity contribution < 1.29 is 14.3 Å². The first-order chi connectivity index (χ1) is 14.4. The van der Waals surface area contributed by atoms with Crippen LogP contribution in [0.2, 0.25) is 5.02 Å². The van der Waals surface area contributed by atoms with Gasteiger partial charge in [0.2, 0.25) is 0 Å². The first kappa shape index (κ1) is 22.4. The van der Waals surface area contributed by atoms with Crippen LogP contribution < -0.4 is 5.73 Å². The molecule has 0 saturated heterocycles. The minimum Gasteiger partial charge on any atom is -0.469 e. The third kappa shape index (κ3) is 6.13. The lowest BCUT2D eigenvalue weighted by Crippen LogP contribution is -2.48. The average molecular weight is 429 g/mol. The Kier molecular flexibility index (Phi) is 7.62. The molecule has 0 aliphatic heterocycles. The lowest BCUT2D eigenvalue weighted by atomic mass is 9.69. The van der Waals surface area contributed by atoms with Gasteiger partial charge in [-0.3, -0.25) is 14.6 Å². The number of hydrogen-bond donors (Lipinski definition) is 1. The fraction of sp³-hybridized carbons (Fsp3) is 0.458. The molecule has 0 radical (unpaired) electrons. The normalized spacial score (nSPS) is 22.3. The molecule has 6 heteroatoms. The number of carbonyl (C=O) groups excluding carboxylic acids is 2. The fourth-order valence-electron chi connectivity index (χ4n) is 4.50. The highest BCUT2D eigenvalue weighted by Gasteiger charge is 2.38. The Labute approximate surface area is 183 Å². The van der Waals surface area contributed by atoms with Gasteiger partial charge < -0.3 is 10.5 Å². The zero-order valence-electron chi connectivity index (χ0n) is 17.4. The van der Waals surface area contributed by atoms with E-state index in [1.165, 1.54) is 7.11 Å². The van der Waals surface area contributed by atoms with Gasteiger partial charge in [-0.15, -0.1) is 0 Å². The molecule has 0 spiro atoms. The summed E-state index contributed by atoms with van der Waals surface area (Å²) in [6.07, 6.45) is 7.92. The van der Waals surface area contributed by atoms with Crippen LogP contribution in [0.5, 0.6) is 0 Å². The molecule has 1 aliphatic rings. The predicted molar refractivity (Wildman–Crippen MR) is 117 cm³/mol. The Morgan fingerprint density at radius 2 is 2.03 bits per heavy atom. The van der Waals surface area contributed by atoms with Crippen LogP contribution >= 0.6 is 11.6 Å². The molecule has 5 nitrogen and oxygen atoms in total. The summed E-state index contributed by atoms with van der Waals surface area (Å²) in [5.74, 6) is -0.838. The maximum absolute atomic E-state index is 13.4. The molecule has 1 heterocycles. The Bertz CT molecular complexity index is 857. The van der Waals surface area contributed by atoms with E-state index in [0.717, 1.165) is 30.4 Å². The number of esters is 1. The number of benzene rings is 1. The van der Waals surface area contributed by atoms with Crippen molar-refractivity contribution in [2.75, 3.05) is 7.11 Å². The second kappa shape index (κ2) is 10.2. The van der Waals surface area contributed by atoms with Gasteiger partial charge in [-0.05, 0) is 61.4 Å². The minimum absolute atomic E-state index is 0.0789. The van der Waals surface area contributed by atoms with E-state index in [4.69, 9.17) is 22.1 Å². The Balaban J connectivity index is 1.72. The monoisotopic (exact) mass is 428 g/mol. The number of nitrogens with zero attached hydrogens (tertiary/aromatic N) is 1. The molecule has 2 N–H and O–H groups in total. The number of pyridine rings is 1. The molecule has 0 amide bonds. The molecule has 0 bridgehead atoms. The maximum atomic E-state index is 13.4. The van der Waals surface area contributed by atoms with Crippen LogP contribution in [-0.4, -0.2) is 29.4 Å². The van der Waals surface area contributed by atoms with Crippen molar-refractivity contribution in [2.45, 2.75) is 50.5 Å². The highest BCUT2D eigenvalue weighted by atomic mass is 35.5. The Hall–Kier alpha value is -2.24. The molecule has 1 unspecified atom stereocenters. The second-order valence-corrected chi connectivity index (χ2v) is 8.84. The summed E-state index contributed by atoms with van der Waals surface area (Å²) in [6.45, 7) is 0. The number of hydrogen-bond acceptors (Lipinski definition) is 5. The molecule has 3 rings (SSSR count). The summed E-state index contributed by atoms with van der Waals surface area (Å²) in [5, 5.41) is 0.697. The van der Waals surface area contributed by atoms with E-state index in [-0.39, 0.29) is 24.1 Å². The first-order valence-electron chi connectivity index (χ1n) is 10.4. The summed E-state index contributed by atoms with van der Waals surface area (Å²) in [4.78, 5) is 29.5. The number of rotatable bonds is 8. The summed E-state index contributed by atoms with van der Waals surface area (Å²) >= 11 is 5.99. The van der Waals surface area contributed by atoms with E-state index in [1.807, 2.05) is 36.4 Å². The molecule has 2 aromatic rings. The summed E-state index contributed by atoms with van der Waals surface area (Å²) in [6, 6.07) is 11.5. The molecule has 1 aromatic heterocycles. The van der Waals surface area contributed by atoms with E-state index in [0.29, 0.717) is 24.3 Å². The predicted octanol–water partition coefficient (Wildman–Crippen LogP) is 4.16. The van der Waals surface area contributed by atoms with Crippen molar-refractivity contribution in [3.05, 3.63) is 64.9 Å². The van der Waals surface area contributed by atoms with Crippen molar-refractivity contribution >= 4 is 23.4 Å². The molecule has 160 valence electrons. The highest BCUT2D eigenvalue weighted by Crippen LogP contribution is 2.36. The van der Waals surface area contributed by atoms with Crippen LogP contribution in [0.15, 0.2) is 48.8 Å². The summed E-state index contributed by atoms with van der Waals surface area (Å²) < 4.78 is 4.84. The van der Waals surface area contributed by atoms with Crippen LogP contribution in [0.3, 0.4) is 0 Å². The van der Waals surface area contributed by atoms with E-state index in [1.54, 1.807) is 12.4 Å². The Morgan fingerprint density at radius 1 is 1.27 bits per heavy atom. The first-order valence-corrected chi connectivity index (χ1v) is 10.8. The van der Waals surface area contributed by atoms with Gasteiger partial charge in [0.15, 0.2) is 0 Å². The minimum atomic E-state index is -0.434. The topological polar surface area (TPSA) is 82.3 Å². The van der Waals surface area contributed by atoms with Crippen LogP contribution in [0.4, 0.5) is 0 Å². The van der Waals surface area contributed by atoms with Crippen molar-refractivity contribution in [3.8, 4) is 0 Å². The molecule has 1 saturated carbocycles. The number of nitrogens with two attached hydrogens (primary N) is 1. The fourth-order valence-corrected chi connectivity index (χ4v) is 4.63. The third-order valence-corrected chi connectivity index (χ3v) is 6.25. The van der Waals surface area contributed by atoms with E-state index >= 15 is 0 Å². The molecule has 3 atom stereocenters. The number of Topliss-reactive ketones (excluding diaryl/α,β-unsaturated/α-hetero) is 1. The lowest BCUT2D eigenvalue weighted by molar-refractivity contribution is -0.144. The maximum Gasteiger partial charge on any atom is 0.306 e. The summed E-state index contributed by atoms with van der Waals surface area (Å²) in [5.41, 5.74) is 8.38. The Morgan fingerprint density at radius 3 is 2.70 bits per heavy atom. The number of ketones is 1. The third-order valence-electron chi connectivity index (χ3n) is 6.00. The number of methoxy groups -OCH3 is 1. The highest BCUT2D eigenvalue weighted by molar-refractivity contribution is 6.30. The van der Waals surface area contributed by atoms with Crippen LogP contribution in [0.1, 0.15) is 43.2 Å². The van der Waals surface area contributed by atoms with Crippen LogP contribution in [-0.2, 0) is 27.2 Å². The van der Waals surface area contributed by atoms with Crippen molar-refractivity contribution in [1.82, 2.24) is 4.98 Å². The van der Waals surface area contributed by atoms with E-state index < -0.39 is 11.5 Å². The number of aromatic nitrogens is 1. The van der Waals surface area contributed by atoms with Gasteiger partial charge in [0.05, 0.1) is 13.5 Å². The molecular weight excluding hydrogens is 400 g/mol. The quantitative estimate of drug-likeness (QED) is 0.638. The molecule has 1 aromatic carbocycles. The second-order valence-electron chi connectivity index (χ2n) is 8.40. The molecule has 30 heavy (non-hydrogen) atoms. The van der Waals surface area contributed by atoms with E-state index in [9.17, 15) is 9.59 Å². The lowest BCUT2D eigenvalue weighted by Gasteiger charge is -2.38. The van der Waals surface area contributed by atoms with Gasteiger partial charge in [-0.25, -0.2) is 0 Å². The van der Waals surface area contributed by atoms with Gasteiger partial charge in [0.25, 0.3) is 0 Å². The summed E-state index contributed by atoms with van der Waals surface area (Å²) in [7, 11) is 1.35. The SMILES string of the molecule is COC(=O)C[C@@H](Cc1cccnc1)C(=O)C1CCC[C@@](N)(Cc2ccc(Cl)cc2)C1. The standard InChI is InChI=1S/C24H29ClN2O3/c1-30-22(28)13-20(12-18-4-3-11-27-16-18)23(29)19-5-2-10-24(26,15-19)14-17-6-8-21(25)9-7-17/h3-4,6-9,11,16,19-20H,2,5,10,12-15,26H2,1H3/t19?,20-,24-/m1/s1. The number of halogens is 1. The van der Waals surface area contributed by atoms with Crippen molar-refractivity contribution in [1.29, 1.82) is 0 Å². The number of ether oxygens (including phenoxy) is 1. The van der Waals surface area contributed by atoms with Gasteiger partial charge in [-0.2, -0.15) is 0 Å². The van der Waals surface area contributed by atoms with Crippen molar-refractivity contribution in [3.63, 3.8) is 0 Å². The molecule has 1 aliphatic carbocycles.